The van der Waals surface area contributed by atoms with Crippen molar-refractivity contribution in [1.82, 2.24) is 5.32 Å². The molecule has 1 aliphatic rings. The summed E-state index contributed by atoms with van der Waals surface area (Å²) >= 11 is 0. The molecule has 0 saturated carbocycles. The van der Waals surface area contributed by atoms with Gasteiger partial charge in [-0.3, -0.25) is 13.9 Å². The van der Waals surface area contributed by atoms with Gasteiger partial charge in [0.15, 0.2) is 11.5 Å². The lowest BCUT2D eigenvalue weighted by atomic mass is 10.1. The molecule has 1 aliphatic heterocycles. The van der Waals surface area contributed by atoms with E-state index in [1.807, 2.05) is 37.3 Å². The van der Waals surface area contributed by atoms with E-state index < -0.39 is 22.5 Å². The van der Waals surface area contributed by atoms with Crippen LogP contribution in [0.5, 0.6) is 11.5 Å². The smallest absolute Gasteiger partial charge is 0.253 e. The Hall–Kier alpha value is -4.05. The van der Waals surface area contributed by atoms with E-state index in [9.17, 15) is 18.0 Å². The van der Waals surface area contributed by atoms with Gasteiger partial charge in [0, 0.05) is 6.07 Å². The zero-order chi connectivity index (χ0) is 25.0. The summed E-state index contributed by atoms with van der Waals surface area (Å²) in [5, 5.41) is 5.59. The number of hydrogen-bond donors (Lipinski definition) is 2. The van der Waals surface area contributed by atoms with Crippen LogP contribution in [0, 0.1) is 0 Å². The maximum absolute atomic E-state index is 12.9. The van der Waals surface area contributed by atoms with Gasteiger partial charge >= 0.3 is 0 Å². The number of ether oxygens (including phenoxy) is 2. The van der Waals surface area contributed by atoms with Crippen molar-refractivity contribution in [1.29, 1.82) is 0 Å². The number of rotatable bonds is 8. The lowest BCUT2D eigenvalue weighted by Gasteiger charge is -2.22. The van der Waals surface area contributed by atoms with Crippen LogP contribution in [0.3, 0.4) is 0 Å². The van der Waals surface area contributed by atoms with Crippen LogP contribution in [0.15, 0.2) is 72.8 Å². The molecule has 0 aliphatic carbocycles. The Balaban J connectivity index is 1.50. The van der Waals surface area contributed by atoms with E-state index in [-0.39, 0.29) is 35.7 Å². The van der Waals surface area contributed by atoms with Crippen LogP contribution in [0.1, 0.15) is 28.9 Å². The largest absolute Gasteiger partial charge is 0.454 e. The molecular formula is C25H25N3O6S. The first-order chi connectivity index (χ1) is 16.7. The standard InChI is InChI=1S/C25H25N3O6S/c1-17(18-8-4-3-5-9-18)26-25(30)20-10-6-7-11-21(20)27-24(29)15-28(35(2,31)32)19-12-13-22-23(14-19)34-16-33-22/h3-14,17H,15-16H2,1-2H3,(H,26,30)(H,27,29)/t17-/m0/s1. The fraction of sp³-hybridized carbons (Fsp3) is 0.200. The maximum Gasteiger partial charge on any atom is 0.253 e. The van der Waals surface area contributed by atoms with Gasteiger partial charge in [-0.2, -0.15) is 0 Å². The van der Waals surface area contributed by atoms with Gasteiger partial charge in [0.05, 0.1) is 29.2 Å². The Morgan fingerprint density at radius 2 is 1.66 bits per heavy atom. The van der Waals surface area contributed by atoms with Gasteiger partial charge in [-0.1, -0.05) is 42.5 Å². The van der Waals surface area contributed by atoms with Crippen molar-refractivity contribution in [2.75, 3.05) is 29.2 Å². The van der Waals surface area contributed by atoms with E-state index in [1.54, 1.807) is 30.3 Å². The summed E-state index contributed by atoms with van der Waals surface area (Å²) in [7, 11) is -3.80. The number of nitrogens with zero attached hydrogens (tertiary/aromatic N) is 1. The molecule has 0 unspecified atom stereocenters. The van der Waals surface area contributed by atoms with Crippen LogP contribution < -0.4 is 24.4 Å². The predicted octanol–water partition coefficient (Wildman–Crippen LogP) is 3.31. The molecule has 0 aromatic heterocycles. The van der Waals surface area contributed by atoms with Gasteiger partial charge in [-0.05, 0) is 36.8 Å². The molecule has 10 heteroatoms. The van der Waals surface area contributed by atoms with Crippen molar-refractivity contribution in [2.45, 2.75) is 13.0 Å². The van der Waals surface area contributed by atoms with Gasteiger partial charge in [0.1, 0.15) is 6.54 Å². The second kappa shape index (κ2) is 10.1. The Morgan fingerprint density at radius 3 is 2.40 bits per heavy atom. The van der Waals surface area contributed by atoms with Crippen LogP contribution >= 0.6 is 0 Å². The van der Waals surface area contributed by atoms with Crippen molar-refractivity contribution >= 4 is 33.2 Å². The predicted molar refractivity (Wildman–Crippen MR) is 132 cm³/mol. The molecule has 0 bridgehead atoms. The first-order valence-electron chi connectivity index (χ1n) is 10.8. The highest BCUT2D eigenvalue weighted by Crippen LogP contribution is 2.36. The number of carbonyl (C=O) groups is 2. The summed E-state index contributed by atoms with van der Waals surface area (Å²) in [6.07, 6.45) is 1.01. The molecule has 2 amide bonds. The zero-order valence-electron chi connectivity index (χ0n) is 19.2. The topological polar surface area (TPSA) is 114 Å². The van der Waals surface area contributed by atoms with E-state index in [4.69, 9.17) is 9.47 Å². The normalized spacial score (nSPS) is 13.1. The van der Waals surface area contributed by atoms with Crippen LogP contribution in [0.4, 0.5) is 11.4 Å². The highest BCUT2D eigenvalue weighted by molar-refractivity contribution is 7.92. The summed E-state index contributed by atoms with van der Waals surface area (Å²) in [5.41, 5.74) is 1.73. The molecule has 0 spiro atoms. The average molecular weight is 496 g/mol. The highest BCUT2D eigenvalue weighted by atomic mass is 32.2. The molecule has 0 radical (unpaired) electrons. The first-order valence-corrected chi connectivity index (χ1v) is 12.7. The van der Waals surface area contributed by atoms with Crippen molar-refractivity contribution in [3.05, 3.63) is 83.9 Å². The Labute approximate surface area is 203 Å². The number of anilines is 2. The van der Waals surface area contributed by atoms with Crippen LogP contribution in [0.25, 0.3) is 0 Å². The number of para-hydroxylation sites is 1. The minimum atomic E-state index is -3.80. The number of benzene rings is 3. The summed E-state index contributed by atoms with van der Waals surface area (Å²) in [5.74, 6) is -0.0834. The molecule has 4 rings (SSSR count). The van der Waals surface area contributed by atoms with Gasteiger partial charge < -0.3 is 20.1 Å². The SMILES string of the molecule is C[C@H](NC(=O)c1ccccc1NC(=O)CN(c1ccc2c(c1)OCO2)S(C)(=O)=O)c1ccccc1. The maximum atomic E-state index is 12.9. The third-order valence-corrected chi connectivity index (χ3v) is 6.57. The van der Waals surface area contributed by atoms with Crippen molar-refractivity contribution in [2.24, 2.45) is 0 Å². The van der Waals surface area contributed by atoms with Gasteiger partial charge in [0.2, 0.25) is 22.7 Å². The molecule has 35 heavy (non-hydrogen) atoms. The van der Waals surface area contributed by atoms with Crippen molar-refractivity contribution < 1.29 is 27.5 Å². The number of fused-ring (bicyclic) bond motifs is 1. The third-order valence-electron chi connectivity index (χ3n) is 5.42. The third kappa shape index (κ3) is 5.72. The molecule has 3 aromatic carbocycles. The van der Waals surface area contributed by atoms with Crippen LogP contribution in [0.2, 0.25) is 0 Å². The number of amides is 2. The molecule has 1 atom stereocenters. The van der Waals surface area contributed by atoms with Crippen molar-refractivity contribution in [3.63, 3.8) is 0 Å². The minimum absolute atomic E-state index is 0.0416. The summed E-state index contributed by atoms with van der Waals surface area (Å²) in [6.45, 7) is 1.42. The summed E-state index contributed by atoms with van der Waals surface area (Å²) < 4.78 is 36.5. The second-order valence-corrected chi connectivity index (χ2v) is 9.91. The molecule has 0 saturated heterocycles. The minimum Gasteiger partial charge on any atom is -0.454 e. The van der Waals surface area contributed by atoms with E-state index >= 15 is 0 Å². The monoisotopic (exact) mass is 495 g/mol. The summed E-state index contributed by atoms with van der Waals surface area (Å²) in [6, 6.07) is 20.4. The Bertz CT molecular complexity index is 1340. The molecule has 9 nitrogen and oxygen atoms in total. The quantitative estimate of drug-likeness (QED) is 0.496. The zero-order valence-corrected chi connectivity index (χ0v) is 20.0. The molecule has 1 heterocycles. The number of carbonyl (C=O) groups excluding carboxylic acids is 2. The molecular weight excluding hydrogens is 470 g/mol. The van der Waals surface area contributed by atoms with Gasteiger partial charge in [-0.15, -0.1) is 0 Å². The van der Waals surface area contributed by atoms with Crippen LogP contribution in [-0.2, 0) is 14.8 Å². The van der Waals surface area contributed by atoms with E-state index in [1.165, 1.54) is 12.1 Å². The molecule has 2 N–H and O–H groups in total. The van der Waals surface area contributed by atoms with Crippen molar-refractivity contribution in [3.8, 4) is 11.5 Å². The van der Waals surface area contributed by atoms with Crippen LogP contribution in [-0.4, -0.2) is 39.8 Å². The Morgan fingerprint density at radius 1 is 0.971 bits per heavy atom. The van der Waals surface area contributed by atoms with Gasteiger partial charge in [0.25, 0.3) is 5.91 Å². The lowest BCUT2D eigenvalue weighted by Crippen LogP contribution is -2.37. The number of sulfonamides is 1. The fourth-order valence-corrected chi connectivity index (χ4v) is 4.50. The number of hydrogen-bond acceptors (Lipinski definition) is 6. The average Bonchev–Trinajstić information content (AvgIpc) is 3.30. The van der Waals surface area contributed by atoms with E-state index in [0.717, 1.165) is 16.1 Å². The summed E-state index contributed by atoms with van der Waals surface area (Å²) in [4.78, 5) is 25.8. The first kappa shape index (κ1) is 24.1. The Kier molecular flexibility index (Phi) is 6.92. The molecule has 0 fully saturated rings. The van der Waals surface area contributed by atoms with E-state index in [0.29, 0.717) is 11.5 Å². The fourth-order valence-electron chi connectivity index (χ4n) is 3.65. The highest BCUT2D eigenvalue weighted by Gasteiger charge is 2.25. The molecule has 182 valence electrons. The lowest BCUT2D eigenvalue weighted by molar-refractivity contribution is -0.114. The molecule has 3 aromatic rings. The van der Waals surface area contributed by atoms with Gasteiger partial charge in [-0.25, -0.2) is 8.42 Å². The second-order valence-electron chi connectivity index (χ2n) is 8.01. The van der Waals surface area contributed by atoms with E-state index in [2.05, 4.69) is 10.6 Å². The number of nitrogens with one attached hydrogen (secondary N) is 2.